The van der Waals surface area contributed by atoms with Crippen molar-refractivity contribution in [2.75, 3.05) is 25.2 Å². The SMILES string of the molecule is CC(C)CNCc1cc(F)c(OCCS(C)(=O)=O)c(F)c1. The molecule has 0 unspecified atom stereocenters. The molecule has 0 atom stereocenters. The molecular formula is C14H21F2NO3S. The molecular weight excluding hydrogens is 300 g/mol. The standard InChI is InChI=1S/C14H21F2NO3S/c1-10(2)8-17-9-11-6-12(15)14(13(16)7-11)20-4-5-21(3,18)19/h6-7,10,17H,4-5,8-9H2,1-3H3. The molecule has 1 N–H and O–H groups in total. The van der Waals surface area contributed by atoms with Crippen LogP contribution in [0.1, 0.15) is 19.4 Å². The van der Waals surface area contributed by atoms with Crippen LogP contribution in [-0.2, 0) is 16.4 Å². The Labute approximate surface area is 124 Å². The largest absolute Gasteiger partial charge is 0.487 e. The fourth-order valence-electron chi connectivity index (χ4n) is 1.65. The van der Waals surface area contributed by atoms with E-state index in [0.29, 0.717) is 18.0 Å². The Balaban J connectivity index is 2.67. The molecule has 4 nitrogen and oxygen atoms in total. The Morgan fingerprint density at radius 2 is 1.81 bits per heavy atom. The molecule has 7 heteroatoms. The zero-order valence-corrected chi connectivity index (χ0v) is 13.3. The predicted molar refractivity (Wildman–Crippen MR) is 78.1 cm³/mol. The molecule has 0 amide bonds. The van der Waals surface area contributed by atoms with Gasteiger partial charge in [0.1, 0.15) is 6.61 Å². The maximum absolute atomic E-state index is 13.8. The Bertz CT molecular complexity index is 551. The minimum atomic E-state index is -3.23. The van der Waals surface area contributed by atoms with E-state index in [1.165, 1.54) is 12.1 Å². The van der Waals surface area contributed by atoms with E-state index in [1.54, 1.807) is 0 Å². The van der Waals surface area contributed by atoms with Gasteiger partial charge in [0.15, 0.2) is 27.2 Å². The van der Waals surface area contributed by atoms with Gasteiger partial charge in [-0.3, -0.25) is 0 Å². The summed E-state index contributed by atoms with van der Waals surface area (Å²) in [6.45, 7) is 4.89. The lowest BCUT2D eigenvalue weighted by Gasteiger charge is -2.11. The van der Waals surface area contributed by atoms with E-state index in [4.69, 9.17) is 4.74 Å². The van der Waals surface area contributed by atoms with Crippen LogP contribution in [0.3, 0.4) is 0 Å². The molecule has 0 aliphatic rings. The molecule has 0 aliphatic carbocycles. The van der Waals surface area contributed by atoms with E-state index in [2.05, 4.69) is 5.32 Å². The Kier molecular flexibility index (Phi) is 6.54. The van der Waals surface area contributed by atoms with Crippen molar-refractivity contribution in [3.05, 3.63) is 29.3 Å². The van der Waals surface area contributed by atoms with Crippen molar-refractivity contribution < 1.29 is 21.9 Å². The van der Waals surface area contributed by atoms with Crippen LogP contribution in [0.5, 0.6) is 5.75 Å². The van der Waals surface area contributed by atoms with Gasteiger partial charge in [0.2, 0.25) is 0 Å². The van der Waals surface area contributed by atoms with Crippen molar-refractivity contribution >= 4 is 9.84 Å². The summed E-state index contributed by atoms with van der Waals surface area (Å²) in [7, 11) is -3.23. The van der Waals surface area contributed by atoms with Gasteiger partial charge in [-0.05, 0) is 30.2 Å². The number of ether oxygens (including phenoxy) is 1. The highest BCUT2D eigenvalue weighted by molar-refractivity contribution is 7.90. The van der Waals surface area contributed by atoms with Gasteiger partial charge >= 0.3 is 0 Å². The van der Waals surface area contributed by atoms with Gasteiger partial charge in [-0.2, -0.15) is 0 Å². The average Bonchev–Trinajstić information content (AvgIpc) is 2.31. The van der Waals surface area contributed by atoms with Crippen LogP contribution in [0.25, 0.3) is 0 Å². The summed E-state index contributed by atoms with van der Waals surface area (Å²) in [5.74, 6) is -2.04. The van der Waals surface area contributed by atoms with Gasteiger partial charge in [-0.1, -0.05) is 13.8 Å². The molecule has 1 aromatic carbocycles. The second kappa shape index (κ2) is 7.70. The van der Waals surface area contributed by atoms with Crippen LogP contribution < -0.4 is 10.1 Å². The predicted octanol–water partition coefficient (Wildman–Crippen LogP) is 2.13. The third-order valence-electron chi connectivity index (χ3n) is 2.64. The summed E-state index contributed by atoms with van der Waals surface area (Å²) < 4.78 is 54.3. The molecule has 0 radical (unpaired) electrons. The second-order valence-electron chi connectivity index (χ2n) is 5.39. The molecule has 0 bridgehead atoms. The lowest BCUT2D eigenvalue weighted by Crippen LogP contribution is -2.19. The number of hydrogen-bond acceptors (Lipinski definition) is 4. The van der Waals surface area contributed by atoms with Crippen LogP contribution >= 0.6 is 0 Å². The van der Waals surface area contributed by atoms with Crippen molar-refractivity contribution in [2.24, 2.45) is 5.92 Å². The van der Waals surface area contributed by atoms with Gasteiger partial charge in [-0.15, -0.1) is 0 Å². The molecule has 0 saturated carbocycles. The fraction of sp³-hybridized carbons (Fsp3) is 0.571. The molecule has 0 aliphatic heterocycles. The molecule has 120 valence electrons. The summed E-state index contributed by atoms with van der Waals surface area (Å²) in [5, 5.41) is 3.08. The summed E-state index contributed by atoms with van der Waals surface area (Å²) >= 11 is 0. The minimum absolute atomic E-state index is 0.280. The highest BCUT2D eigenvalue weighted by atomic mass is 32.2. The molecule has 0 aromatic heterocycles. The van der Waals surface area contributed by atoms with Crippen molar-refractivity contribution in [3.63, 3.8) is 0 Å². The van der Waals surface area contributed by atoms with Gasteiger partial charge in [0.25, 0.3) is 0 Å². The second-order valence-corrected chi connectivity index (χ2v) is 7.65. The fourth-order valence-corrected chi connectivity index (χ4v) is 2.04. The van der Waals surface area contributed by atoms with E-state index in [9.17, 15) is 17.2 Å². The Morgan fingerprint density at radius 1 is 1.24 bits per heavy atom. The monoisotopic (exact) mass is 321 g/mol. The smallest absolute Gasteiger partial charge is 0.190 e. The molecule has 1 aromatic rings. The normalized spacial score (nSPS) is 11.9. The summed E-state index contributed by atoms with van der Waals surface area (Å²) in [5.41, 5.74) is 0.473. The van der Waals surface area contributed by atoms with Gasteiger partial charge in [0, 0.05) is 12.8 Å². The van der Waals surface area contributed by atoms with Crippen molar-refractivity contribution in [2.45, 2.75) is 20.4 Å². The van der Waals surface area contributed by atoms with Crippen LogP contribution in [0.2, 0.25) is 0 Å². The van der Waals surface area contributed by atoms with Crippen LogP contribution in [0, 0.1) is 17.6 Å². The number of benzene rings is 1. The summed E-state index contributed by atoms with van der Waals surface area (Å²) in [4.78, 5) is 0. The maximum atomic E-state index is 13.8. The average molecular weight is 321 g/mol. The minimum Gasteiger partial charge on any atom is -0.487 e. The van der Waals surface area contributed by atoms with Crippen LogP contribution in [0.15, 0.2) is 12.1 Å². The maximum Gasteiger partial charge on any atom is 0.190 e. The zero-order valence-electron chi connectivity index (χ0n) is 12.4. The highest BCUT2D eigenvalue weighted by Crippen LogP contribution is 2.23. The lowest BCUT2D eigenvalue weighted by molar-refractivity contribution is 0.303. The van der Waals surface area contributed by atoms with Crippen LogP contribution in [0.4, 0.5) is 8.78 Å². The van der Waals surface area contributed by atoms with Gasteiger partial charge < -0.3 is 10.1 Å². The molecule has 0 heterocycles. The number of rotatable bonds is 8. The number of sulfone groups is 1. The third-order valence-corrected chi connectivity index (χ3v) is 3.55. The van der Waals surface area contributed by atoms with E-state index in [1.807, 2.05) is 13.8 Å². The van der Waals surface area contributed by atoms with Crippen molar-refractivity contribution in [1.82, 2.24) is 5.32 Å². The summed E-state index contributed by atoms with van der Waals surface area (Å²) in [6.07, 6.45) is 1.03. The molecule has 0 spiro atoms. The quantitative estimate of drug-likeness (QED) is 0.797. The number of hydrogen-bond donors (Lipinski definition) is 1. The number of nitrogens with one attached hydrogen (secondary N) is 1. The van der Waals surface area contributed by atoms with E-state index in [0.717, 1.165) is 12.8 Å². The lowest BCUT2D eigenvalue weighted by atomic mass is 10.1. The van der Waals surface area contributed by atoms with Gasteiger partial charge in [0.05, 0.1) is 5.75 Å². The molecule has 0 saturated heterocycles. The first-order valence-corrected chi connectivity index (χ1v) is 8.74. The zero-order chi connectivity index (χ0) is 16.0. The number of halogens is 2. The molecule has 21 heavy (non-hydrogen) atoms. The molecule has 1 rings (SSSR count). The van der Waals surface area contributed by atoms with Crippen molar-refractivity contribution in [1.29, 1.82) is 0 Å². The first-order chi connectivity index (χ1) is 9.69. The summed E-state index contributed by atoms with van der Waals surface area (Å²) in [6, 6.07) is 2.37. The molecule has 0 fully saturated rings. The first-order valence-electron chi connectivity index (χ1n) is 6.68. The van der Waals surface area contributed by atoms with Crippen LogP contribution in [-0.4, -0.2) is 33.6 Å². The topological polar surface area (TPSA) is 55.4 Å². The van der Waals surface area contributed by atoms with E-state index >= 15 is 0 Å². The Hall–Kier alpha value is -1.21. The van der Waals surface area contributed by atoms with E-state index in [-0.39, 0.29) is 12.4 Å². The van der Waals surface area contributed by atoms with E-state index < -0.39 is 27.2 Å². The first kappa shape index (κ1) is 17.8. The third kappa shape index (κ3) is 6.86. The van der Waals surface area contributed by atoms with Gasteiger partial charge in [-0.25, -0.2) is 17.2 Å². The Morgan fingerprint density at radius 3 is 2.29 bits per heavy atom. The van der Waals surface area contributed by atoms with Crippen molar-refractivity contribution in [3.8, 4) is 5.75 Å². The highest BCUT2D eigenvalue weighted by Gasteiger charge is 2.13.